The lowest BCUT2D eigenvalue weighted by Gasteiger charge is -2.46. The van der Waals surface area contributed by atoms with Crippen molar-refractivity contribution in [1.82, 2.24) is 0 Å². The zero-order valence-corrected chi connectivity index (χ0v) is 15.2. The van der Waals surface area contributed by atoms with Crippen molar-refractivity contribution in [3.8, 4) is 0 Å². The summed E-state index contributed by atoms with van der Waals surface area (Å²) in [5.74, 6) is -0.574. The van der Waals surface area contributed by atoms with Crippen LogP contribution in [-0.2, 0) is 4.74 Å². The normalized spacial score (nSPS) is 33.0. The summed E-state index contributed by atoms with van der Waals surface area (Å²) in [6.07, 6.45) is 6.30. The smallest absolute Gasteiger partial charge is 0.345 e. The van der Waals surface area contributed by atoms with E-state index in [2.05, 4.69) is 29.5 Å². The minimum atomic E-state index is -0.574. The number of nitro benzene ring substituents is 1. The van der Waals surface area contributed by atoms with E-state index in [1.807, 2.05) is 0 Å². The monoisotopic (exact) mass is 429 g/mol. The summed E-state index contributed by atoms with van der Waals surface area (Å²) in [6, 6.07) is 6.00. The second-order valence-electron chi connectivity index (χ2n) is 6.80. The summed E-state index contributed by atoms with van der Waals surface area (Å²) < 4.78 is 5.95. The molecule has 2 aliphatic rings. The zero-order chi connectivity index (χ0) is 16.7. The Morgan fingerprint density at radius 1 is 1.30 bits per heavy atom. The molecule has 3 atom stereocenters. The molecule has 23 heavy (non-hydrogen) atoms. The van der Waals surface area contributed by atoms with Gasteiger partial charge in [0.05, 0.1) is 4.92 Å². The van der Waals surface area contributed by atoms with Crippen molar-refractivity contribution in [2.75, 3.05) is 0 Å². The Kier molecular flexibility index (Phi) is 4.37. The first-order chi connectivity index (χ1) is 10.9. The van der Waals surface area contributed by atoms with Gasteiger partial charge in [0, 0.05) is 14.9 Å². The van der Waals surface area contributed by atoms with E-state index in [9.17, 15) is 14.9 Å². The van der Waals surface area contributed by atoms with Crippen molar-refractivity contribution in [2.24, 2.45) is 5.41 Å². The number of carbonyl (C=O) groups excluding carboxylic acids is 1. The quantitative estimate of drug-likeness (QED) is 0.230. The molecule has 0 saturated heterocycles. The predicted octanol–water partition coefficient (Wildman–Crippen LogP) is 4.67. The van der Waals surface area contributed by atoms with Crippen molar-refractivity contribution < 1.29 is 14.5 Å². The molecule has 6 heteroatoms. The van der Waals surface area contributed by atoms with Gasteiger partial charge in [-0.05, 0) is 31.7 Å². The number of halogens is 1. The van der Waals surface area contributed by atoms with Crippen LogP contribution in [0.1, 0.15) is 55.8 Å². The Balaban J connectivity index is 1.83. The van der Waals surface area contributed by atoms with E-state index in [1.54, 1.807) is 12.1 Å². The molecule has 3 unspecified atom stereocenters. The van der Waals surface area contributed by atoms with Crippen molar-refractivity contribution in [3.63, 3.8) is 0 Å². The van der Waals surface area contributed by atoms with Crippen LogP contribution in [0.4, 0.5) is 5.69 Å². The van der Waals surface area contributed by atoms with E-state index in [4.69, 9.17) is 4.74 Å². The van der Waals surface area contributed by atoms with E-state index >= 15 is 0 Å². The lowest BCUT2D eigenvalue weighted by atomic mass is 9.68. The summed E-state index contributed by atoms with van der Waals surface area (Å²) in [4.78, 5) is 23.1. The molecule has 0 spiro atoms. The van der Waals surface area contributed by atoms with Crippen molar-refractivity contribution in [2.45, 2.75) is 55.0 Å². The fraction of sp³-hybridized carbons (Fsp3) is 0.588. The molecule has 0 bridgehead atoms. The predicted molar refractivity (Wildman–Crippen MR) is 94.9 cm³/mol. The number of carbonyl (C=O) groups is 1. The molecule has 2 saturated carbocycles. The van der Waals surface area contributed by atoms with Crippen LogP contribution in [0.3, 0.4) is 0 Å². The molecule has 0 N–H and O–H groups in total. The van der Waals surface area contributed by atoms with Crippen LogP contribution in [-0.4, -0.2) is 20.4 Å². The van der Waals surface area contributed by atoms with Crippen LogP contribution in [0.15, 0.2) is 24.3 Å². The van der Waals surface area contributed by atoms with Crippen molar-refractivity contribution in [3.05, 3.63) is 39.9 Å². The first kappa shape index (κ1) is 16.7. The summed E-state index contributed by atoms with van der Waals surface area (Å²) in [6.45, 7) is 2.21. The van der Waals surface area contributed by atoms with Crippen LogP contribution in [0.2, 0.25) is 0 Å². The van der Waals surface area contributed by atoms with Gasteiger partial charge in [0.1, 0.15) is 11.7 Å². The molecule has 124 valence electrons. The number of ether oxygens (including phenoxy) is 1. The number of benzene rings is 1. The number of hydrogen-bond donors (Lipinski definition) is 0. The van der Waals surface area contributed by atoms with Gasteiger partial charge < -0.3 is 4.74 Å². The molecule has 2 aliphatic carbocycles. The number of nitrogens with zero attached hydrogens (tertiary/aromatic N) is 1. The number of fused-ring (bicyclic) bond motifs is 1. The number of alkyl halides is 1. The minimum absolute atomic E-state index is 0.0367. The zero-order valence-electron chi connectivity index (χ0n) is 13.1. The molecular formula is C17H20INO4. The molecule has 0 radical (unpaired) electrons. The second-order valence-corrected chi connectivity index (χ2v) is 8.86. The largest absolute Gasteiger partial charge is 0.458 e. The van der Waals surface area contributed by atoms with E-state index in [0.717, 1.165) is 32.1 Å². The van der Waals surface area contributed by atoms with Gasteiger partial charge in [-0.1, -0.05) is 54.5 Å². The molecule has 2 fully saturated rings. The fourth-order valence-electron chi connectivity index (χ4n) is 4.13. The summed E-state index contributed by atoms with van der Waals surface area (Å²) >= 11 is 2.55. The van der Waals surface area contributed by atoms with Crippen LogP contribution < -0.4 is 0 Å². The highest BCUT2D eigenvalue weighted by Crippen LogP contribution is 2.60. The highest BCUT2D eigenvalue weighted by atomic mass is 127. The SMILES string of the molecule is CC12CCCCC1(I)CCC2OC(=O)c1ccccc1[N+](=O)[O-]. The highest BCUT2D eigenvalue weighted by Gasteiger charge is 2.58. The number of nitro groups is 1. The van der Waals surface area contributed by atoms with Gasteiger partial charge in [-0.2, -0.15) is 0 Å². The van der Waals surface area contributed by atoms with Crippen LogP contribution in [0, 0.1) is 15.5 Å². The third-order valence-electron chi connectivity index (χ3n) is 5.63. The van der Waals surface area contributed by atoms with Crippen LogP contribution in [0.5, 0.6) is 0 Å². The summed E-state index contributed by atoms with van der Waals surface area (Å²) in [5.41, 5.74) is -0.182. The first-order valence-electron chi connectivity index (χ1n) is 8.01. The molecule has 0 aromatic heterocycles. The molecule has 5 nitrogen and oxygen atoms in total. The lowest BCUT2D eigenvalue weighted by molar-refractivity contribution is -0.385. The molecule has 0 amide bonds. The Bertz CT molecular complexity index is 649. The Labute approximate surface area is 149 Å². The number of hydrogen-bond acceptors (Lipinski definition) is 4. The molecule has 0 aliphatic heterocycles. The molecule has 1 aromatic rings. The molecular weight excluding hydrogens is 409 g/mol. The van der Waals surface area contributed by atoms with E-state index in [-0.39, 0.29) is 26.2 Å². The number of esters is 1. The van der Waals surface area contributed by atoms with E-state index in [1.165, 1.54) is 18.6 Å². The van der Waals surface area contributed by atoms with Crippen LogP contribution in [0.25, 0.3) is 0 Å². The van der Waals surface area contributed by atoms with Gasteiger partial charge in [-0.15, -0.1) is 0 Å². The lowest BCUT2D eigenvalue weighted by Crippen LogP contribution is -2.46. The van der Waals surface area contributed by atoms with Gasteiger partial charge in [0.25, 0.3) is 5.69 Å². The maximum Gasteiger partial charge on any atom is 0.345 e. The van der Waals surface area contributed by atoms with E-state index < -0.39 is 10.9 Å². The van der Waals surface area contributed by atoms with Gasteiger partial charge in [0.15, 0.2) is 0 Å². The molecule has 0 heterocycles. The Hall–Kier alpha value is -1.18. The number of rotatable bonds is 3. The van der Waals surface area contributed by atoms with Gasteiger partial charge >= 0.3 is 5.97 Å². The Morgan fingerprint density at radius 3 is 2.74 bits per heavy atom. The maximum absolute atomic E-state index is 12.5. The highest BCUT2D eigenvalue weighted by molar-refractivity contribution is 14.1. The standard InChI is InChI=1S/C17H20INO4/c1-16-9-4-5-10-17(16,18)11-8-14(16)23-15(20)12-6-2-3-7-13(12)19(21)22/h2-3,6-7,14H,4-5,8-11H2,1H3. The third-order valence-corrected chi connectivity index (χ3v) is 7.94. The van der Waals surface area contributed by atoms with Gasteiger partial charge in [-0.25, -0.2) is 4.79 Å². The van der Waals surface area contributed by atoms with Crippen LogP contribution >= 0.6 is 22.6 Å². The van der Waals surface area contributed by atoms with Gasteiger partial charge in [0.2, 0.25) is 0 Å². The van der Waals surface area contributed by atoms with Gasteiger partial charge in [-0.3, -0.25) is 10.1 Å². The van der Waals surface area contributed by atoms with Crippen molar-refractivity contribution >= 4 is 34.2 Å². The van der Waals surface area contributed by atoms with Crippen molar-refractivity contribution in [1.29, 1.82) is 0 Å². The maximum atomic E-state index is 12.5. The summed E-state index contributed by atoms with van der Waals surface area (Å²) in [7, 11) is 0. The second kappa shape index (κ2) is 6.03. The average Bonchev–Trinajstić information content (AvgIpc) is 2.79. The third kappa shape index (κ3) is 2.75. The topological polar surface area (TPSA) is 69.4 Å². The molecule has 3 rings (SSSR count). The summed E-state index contributed by atoms with van der Waals surface area (Å²) in [5, 5.41) is 11.1. The average molecular weight is 429 g/mol. The fourth-order valence-corrected chi connectivity index (χ4v) is 5.44. The van der Waals surface area contributed by atoms with E-state index in [0.29, 0.717) is 0 Å². The Morgan fingerprint density at radius 2 is 2.00 bits per heavy atom. The minimum Gasteiger partial charge on any atom is -0.458 e. The first-order valence-corrected chi connectivity index (χ1v) is 9.09. The molecule has 1 aromatic carbocycles. The number of para-hydroxylation sites is 1.